The molecule has 2 aliphatic heterocycles. The number of nitrogens with zero attached hydrogens (tertiary/aromatic N) is 4. The van der Waals surface area contributed by atoms with Gasteiger partial charge in [-0.15, -0.1) is 10.2 Å². The molecule has 30 heavy (non-hydrogen) atoms. The van der Waals surface area contributed by atoms with Gasteiger partial charge in [-0.3, -0.25) is 9.36 Å². The Labute approximate surface area is 183 Å². The van der Waals surface area contributed by atoms with Crippen LogP contribution in [-0.4, -0.2) is 52.1 Å². The zero-order valence-electron chi connectivity index (χ0n) is 17.9. The van der Waals surface area contributed by atoms with E-state index in [0.29, 0.717) is 11.5 Å². The van der Waals surface area contributed by atoms with Crippen LogP contribution in [0.2, 0.25) is 0 Å². The number of carbonyl (C=O) groups is 1. The summed E-state index contributed by atoms with van der Waals surface area (Å²) < 4.78 is 8.17. The van der Waals surface area contributed by atoms with E-state index in [-0.39, 0.29) is 11.5 Å². The van der Waals surface area contributed by atoms with Crippen LogP contribution >= 0.6 is 11.8 Å². The lowest BCUT2D eigenvalue weighted by Gasteiger charge is -2.56. The molecule has 0 aromatic carbocycles. The minimum atomic E-state index is -0.0149. The van der Waals surface area contributed by atoms with Gasteiger partial charge < -0.3 is 9.64 Å². The first kappa shape index (κ1) is 19.6. The van der Waals surface area contributed by atoms with E-state index in [1.54, 1.807) is 11.8 Å². The normalized spacial score (nSPS) is 37.4. The predicted molar refractivity (Wildman–Crippen MR) is 117 cm³/mol. The second-order valence-electron chi connectivity index (χ2n) is 10.6. The van der Waals surface area contributed by atoms with Gasteiger partial charge in [0.25, 0.3) is 0 Å². The lowest BCUT2D eigenvalue weighted by atomic mass is 9.48. The summed E-state index contributed by atoms with van der Waals surface area (Å²) in [7, 11) is 0. The van der Waals surface area contributed by atoms with Gasteiger partial charge >= 0.3 is 0 Å². The van der Waals surface area contributed by atoms with Gasteiger partial charge in [-0.1, -0.05) is 11.8 Å². The Morgan fingerprint density at radius 2 is 1.73 bits per heavy atom. The van der Waals surface area contributed by atoms with Crippen molar-refractivity contribution in [2.24, 2.45) is 23.2 Å². The molecule has 6 fully saturated rings. The van der Waals surface area contributed by atoms with E-state index in [1.807, 2.05) is 0 Å². The summed E-state index contributed by atoms with van der Waals surface area (Å²) in [5.41, 5.74) is -0.0149. The zero-order chi connectivity index (χ0) is 20.1. The Bertz CT molecular complexity index is 762. The number of hydrogen-bond donors (Lipinski definition) is 0. The Morgan fingerprint density at radius 1 is 1.03 bits per heavy atom. The molecule has 3 heterocycles. The molecule has 6 aliphatic rings. The SMILES string of the molecule is O=C(CSc1nnc(N2CCCC2)n1C[C@@H]1CCCO1)C12CC3CC(CC(C3)C1)C2. The van der Waals surface area contributed by atoms with Crippen molar-refractivity contribution in [3.05, 3.63) is 0 Å². The van der Waals surface area contributed by atoms with Crippen molar-refractivity contribution in [2.45, 2.75) is 82.0 Å². The topological polar surface area (TPSA) is 60.2 Å². The molecule has 7 rings (SSSR count). The molecule has 4 aliphatic carbocycles. The molecule has 0 radical (unpaired) electrons. The number of ketones is 1. The van der Waals surface area contributed by atoms with Crippen LogP contribution in [0.4, 0.5) is 5.95 Å². The molecule has 4 bridgehead atoms. The van der Waals surface area contributed by atoms with Crippen LogP contribution in [0.1, 0.15) is 64.2 Å². The summed E-state index contributed by atoms with van der Waals surface area (Å²) in [6.07, 6.45) is 12.5. The van der Waals surface area contributed by atoms with Crippen molar-refractivity contribution >= 4 is 23.5 Å². The summed E-state index contributed by atoms with van der Waals surface area (Å²) in [5, 5.41) is 10.0. The summed E-state index contributed by atoms with van der Waals surface area (Å²) in [5.74, 6) is 4.46. The number of carbonyl (C=O) groups excluding carboxylic acids is 1. The van der Waals surface area contributed by atoms with Crippen LogP contribution in [0.3, 0.4) is 0 Å². The minimum absolute atomic E-state index is 0.0149. The molecule has 0 unspecified atom stereocenters. The predicted octanol–water partition coefficient (Wildman–Crippen LogP) is 3.93. The maximum atomic E-state index is 13.5. The third-order valence-corrected chi connectivity index (χ3v) is 9.43. The maximum Gasteiger partial charge on any atom is 0.228 e. The molecule has 2 saturated heterocycles. The monoisotopic (exact) mass is 430 g/mol. The third-order valence-electron chi connectivity index (χ3n) is 8.46. The summed E-state index contributed by atoms with van der Waals surface area (Å²) in [6, 6.07) is 0. The van der Waals surface area contributed by atoms with E-state index in [4.69, 9.17) is 4.74 Å². The van der Waals surface area contributed by atoms with Crippen molar-refractivity contribution < 1.29 is 9.53 Å². The van der Waals surface area contributed by atoms with E-state index in [0.717, 1.165) is 87.2 Å². The van der Waals surface area contributed by atoms with Gasteiger partial charge in [0.1, 0.15) is 5.78 Å². The number of aromatic nitrogens is 3. The van der Waals surface area contributed by atoms with Crippen LogP contribution in [0, 0.1) is 23.2 Å². The largest absolute Gasteiger partial charge is 0.376 e. The first-order chi connectivity index (χ1) is 14.7. The average Bonchev–Trinajstić information content (AvgIpc) is 3.48. The van der Waals surface area contributed by atoms with E-state index in [2.05, 4.69) is 19.7 Å². The van der Waals surface area contributed by atoms with Crippen LogP contribution in [0.5, 0.6) is 0 Å². The quantitative estimate of drug-likeness (QED) is 0.611. The van der Waals surface area contributed by atoms with Crippen LogP contribution in [-0.2, 0) is 16.1 Å². The number of anilines is 1. The van der Waals surface area contributed by atoms with Gasteiger partial charge in [-0.2, -0.15) is 0 Å². The van der Waals surface area contributed by atoms with Gasteiger partial charge in [0.2, 0.25) is 5.95 Å². The molecule has 0 spiro atoms. The second kappa shape index (κ2) is 7.80. The molecule has 1 aromatic rings. The van der Waals surface area contributed by atoms with E-state index in [9.17, 15) is 4.79 Å². The fraction of sp³-hybridized carbons (Fsp3) is 0.870. The summed E-state index contributed by atoms with van der Waals surface area (Å²) >= 11 is 1.62. The fourth-order valence-electron chi connectivity index (χ4n) is 7.43. The van der Waals surface area contributed by atoms with Crippen molar-refractivity contribution in [1.29, 1.82) is 0 Å². The van der Waals surface area contributed by atoms with E-state index >= 15 is 0 Å². The first-order valence-electron chi connectivity index (χ1n) is 12.1. The van der Waals surface area contributed by atoms with Gasteiger partial charge in [-0.05, 0) is 82.0 Å². The van der Waals surface area contributed by atoms with Crippen molar-refractivity contribution in [3.8, 4) is 0 Å². The lowest BCUT2D eigenvalue weighted by Crippen LogP contribution is -2.50. The highest BCUT2D eigenvalue weighted by atomic mass is 32.2. The molecule has 164 valence electrons. The van der Waals surface area contributed by atoms with Gasteiger partial charge in [-0.25, -0.2) is 0 Å². The molecule has 0 amide bonds. The molecule has 7 heteroatoms. The Hall–Kier alpha value is -1.08. The fourth-order valence-corrected chi connectivity index (χ4v) is 8.40. The molecule has 6 nitrogen and oxygen atoms in total. The van der Waals surface area contributed by atoms with Crippen molar-refractivity contribution in [2.75, 3.05) is 30.3 Å². The van der Waals surface area contributed by atoms with Gasteiger partial charge in [0, 0.05) is 25.1 Å². The Morgan fingerprint density at radius 3 is 2.37 bits per heavy atom. The molecular weight excluding hydrogens is 396 g/mol. The van der Waals surface area contributed by atoms with Gasteiger partial charge in [0.05, 0.1) is 18.4 Å². The maximum absolute atomic E-state index is 13.5. The molecule has 1 aromatic heterocycles. The Balaban J connectivity index is 1.18. The third kappa shape index (κ3) is 3.50. The molecule has 4 saturated carbocycles. The summed E-state index contributed by atoms with van der Waals surface area (Å²) in [4.78, 5) is 15.8. The van der Waals surface area contributed by atoms with Crippen LogP contribution in [0.25, 0.3) is 0 Å². The highest BCUT2D eigenvalue weighted by Gasteiger charge is 2.54. The summed E-state index contributed by atoms with van der Waals surface area (Å²) in [6.45, 7) is 3.78. The standard InChI is InChI=1S/C23H34N4O2S/c28-20(23-11-16-8-17(12-23)10-18(9-16)13-23)15-30-22-25-24-21(26-5-1-2-6-26)27(22)14-19-4-3-7-29-19/h16-19H,1-15H2/t16?,17?,18?,19-,23?/m0/s1. The first-order valence-corrected chi connectivity index (χ1v) is 13.1. The van der Waals surface area contributed by atoms with E-state index < -0.39 is 0 Å². The van der Waals surface area contributed by atoms with Gasteiger partial charge in [0.15, 0.2) is 5.16 Å². The number of ether oxygens (including phenoxy) is 1. The van der Waals surface area contributed by atoms with Crippen molar-refractivity contribution in [3.63, 3.8) is 0 Å². The zero-order valence-corrected chi connectivity index (χ0v) is 18.7. The average molecular weight is 431 g/mol. The minimum Gasteiger partial charge on any atom is -0.376 e. The number of Topliss-reactive ketones (excluding diaryl/α,β-unsaturated/α-hetero) is 1. The lowest BCUT2D eigenvalue weighted by molar-refractivity contribution is -0.141. The number of thioether (sulfide) groups is 1. The van der Waals surface area contributed by atoms with Crippen molar-refractivity contribution in [1.82, 2.24) is 14.8 Å². The molecular formula is C23H34N4O2S. The van der Waals surface area contributed by atoms with Crippen LogP contribution in [0.15, 0.2) is 5.16 Å². The van der Waals surface area contributed by atoms with Crippen LogP contribution < -0.4 is 4.90 Å². The number of rotatable bonds is 7. The molecule has 0 N–H and O–H groups in total. The highest BCUT2D eigenvalue weighted by molar-refractivity contribution is 7.99. The second-order valence-corrected chi connectivity index (χ2v) is 11.6. The highest BCUT2D eigenvalue weighted by Crippen LogP contribution is 2.60. The number of hydrogen-bond acceptors (Lipinski definition) is 6. The van der Waals surface area contributed by atoms with E-state index in [1.165, 1.54) is 32.1 Å². The smallest absolute Gasteiger partial charge is 0.228 e. The molecule has 1 atom stereocenters. The Kier molecular flexibility index (Phi) is 5.10.